The molecule has 6 heteroatoms. The van der Waals surface area contributed by atoms with Gasteiger partial charge >= 0.3 is 0 Å². The van der Waals surface area contributed by atoms with Gasteiger partial charge in [-0.1, -0.05) is 11.8 Å². The van der Waals surface area contributed by atoms with E-state index in [1.165, 1.54) is 37.4 Å². The monoisotopic (exact) mass is 252 g/mol. The molecule has 92 valence electrons. The average Bonchev–Trinajstić information content (AvgIpc) is 3.18. The third-order valence-electron chi connectivity index (χ3n) is 3.23. The molecule has 17 heavy (non-hydrogen) atoms. The van der Waals surface area contributed by atoms with Crippen molar-refractivity contribution in [3.8, 4) is 0 Å². The summed E-state index contributed by atoms with van der Waals surface area (Å²) in [4.78, 5) is 11.1. The van der Waals surface area contributed by atoms with Gasteiger partial charge in [0.05, 0.1) is 5.25 Å². The van der Waals surface area contributed by atoms with Gasteiger partial charge in [-0.05, 0) is 32.6 Å². The quantitative estimate of drug-likeness (QED) is 0.805. The molecule has 0 saturated heterocycles. The van der Waals surface area contributed by atoms with Gasteiger partial charge in [0.25, 0.3) is 0 Å². The highest BCUT2D eigenvalue weighted by Gasteiger charge is 2.36. The predicted octanol–water partition coefficient (Wildman–Crippen LogP) is 1.46. The third-order valence-corrected chi connectivity index (χ3v) is 4.30. The van der Waals surface area contributed by atoms with E-state index in [1.807, 2.05) is 6.92 Å². The molecule has 0 aromatic carbocycles. The van der Waals surface area contributed by atoms with Gasteiger partial charge in [-0.15, -0.1) is 10.2 Å². The Labute approximate surface area is 104 Å². The molecule has 2 aliphatic rings. The van der Waals surface area contributed by atoms with Crippen molar-refractivity contribution in [2.45, 2.75) is 55.0 Å². The van der Waals surface area contributed by atoms with Crippen LogP contribution in [0.3, 0.4) is 0 Å². The molecule has 2 fully saturated rings. The van der Waals surface area contributed by atoms with Crippen molar-refractivity contribution in [1.82, 2.24) is 14.8 Å². The van der Waals surface area contributed by atoms with Crippen LogP contribution in [-0.4, -0.2) is 25.9 Å². The smallest absolute Gasteiger partial charge is 0.230 e. The van der Waals surface area contributed by atoms with Gasteiger partial charge in [-0.3, -0.25) is 4.79 Å². The Morgan fingerprint density at radius 3 is 2.65 bits per heavy atom. The molecule has 1 aromatic heterocycles. The molecule has 1 unspecified atom stereocenters. The first-order valence-corrected chi connectivity index (χ1v) is 6.95. The number of thioether (sulfide) groups is 1. The Hall–Kier alpha value is -1.04. The van der Waals surface area contributed by atoms with Crippen LogP contribution in [0.5, 0.6) is 0 Å². The highest BCUT2D eigenvalue weighted by Crippen LogP contribution is 2.46. The van der Waals surface area contributed by atoms with Crippen LogP contribution in [0.25, 0.3) is 0 Å². The third kappa shape index (κ3) is 2.18. The molecule has 0 aliphatic heterocycles. The second kappa shape index (κ2) is 4.01. The molecule has 1 atom stereocenters. The number of amides is 1. The largest absolute Gasteiger partial charge is 0.369 e. The Morgan fingerprint density at radius 1 is 1.41 bits per heavy atom. The fourth-order valence-electron chi connectivity index (χ4n) is 1.88. The summed E-state index contributed by atoms with van der Waals surface area (Å²) in [6.07, 6.45) is 4.86. The zero-order chi connectivity index (χ0) is 12.0. The first-order chi connectivity index (χ1) is 8.16. The van der Waals surface area contributed by atoms with E-state index in [-0.39, 0.29) is 11.2 Å². The summed E-state index contributed by atoms with van der Waals surface area (Å²) in [5.41, 5.74) is 5.29. The van der Waals surface area contributed by atoms with Gasteiger partial charge in [0.15, 0.2) is 5.16 Å². The molecule has 1 heterocycles. The van der Waals surface area contributed by atoms with Crippen LogP contribution in [-0.2, 0) is 4.79 Å². The second-order valence-corrected chi connectivity index (χ2v) is 6.19. The van der Waals surface area contributed by atoms with Gasteiger partial charge < -0.3 is 10.3 Å². The topological polar surface area (TPSA) is 73.8 Å². The van der Waals surface area contributed by atoms with Crippen LogP contribution in [0.15, 0.2) is 5.16 Å². The van der Waals surface area contributed by atoms with Gasteiger partial charge in [0.1, 0.15) is 5.82 Å². The number of hydrogen-bond donors (Lipinski definition) is 1. The summed E-state index contributed by atoms with van der Waals surface area (Å²) < 4.78 is 2.24. The standard InChI is InChI=1S/C11H16N4OS/c1-6(9(12)16)17-11-14-13-10(7-2-3-7)15(11)8-4-5-8/h6-8H,2-5H2,1H3,(H2,12,16). The lowest BCUT2D eigenvalue weighted by Gasteiger charge is -2.10. The molecule has 2 N–H and O–H groups in total. The maximum Gasteiger partial charge on any atom is 0.230 e. The minimum absolute atomic E-state index is 0.247. The van der Waals surface area contributed by atoms with Crippen molar-refractivity contribution < 1.29 is 4.79 Å². The maximum absolute atomic E-state index is 11.1. The van der Waals surface area contributed by atoms with Gasteiger partial charge in [0.2, 0.25) is 5.91 Å². The van der Waals surface area contributed by atoms with Crippen LogP contribution in [0.4, 0.5) is 0 Å². The van der Waals surface area contributed by atoms with Crippen molar-refractivity contribution in [3.63, 3.8) is 0 Å². The molecular formula is C11H16N4OS. The molecule has 2 saturated carbocycles. The van der Waals surface area contributed by atoms with E-state index in [9.17, 15) is 4.79 Å². The Bertz CT molecular complexity index is 450. The molecule has 0 radical (unpaired) electrons. The zero-order valence-corrected chi connectivity index (χ0v) is 10.6. The number of nitrogens with two attached hydrogens (primary N) is 1. The first-order valence-electron chi connectivity index (χ1n) is 6.07. The van der Waals surface area contributed by atoms with Gasteiger partial charge in [0, 0.05) is 12.0 Å². The van der Waals surface area contributed by atoms with Crippen molar-refractivity contribution >= 4 is 17.7 Å². The van der Waals surface area contributed by atoms with Crippen molar-refractivity contribution in [3.05, 3.63) is 5.82 Å². The zero-order valence-electron chi connectivity index (χ0n) is 9.80. The van der Waals surface area contributed by atoms with E-state index in [4.69, 9.17) is 5.73 Å². The normalized spacial score (nSPS) is 21.5. The van der Waals surface area contributed by atoms with Crippen molar-refractivity contribution in [1.29, 1.82) is 0 Å². The summed E-state index contributed by atoms with van der Waals surface area (Å²) in [5.74, 6) is 1.42. The summed E-state index contributed by atoms with van der Waals surface area (Å²) in [7, 11) is 0. The fraction of sp³-hybridized carbons (Fsp3) is 0.727. The molecular weight excluding hydrogens is 236 g/mol. The first kappa shape index (κ1) is 11.1. The molecule has 1 aromatic rings. The van der Waals surface area contributed by atoms with E-state index in [1.54, 1.807) is 0 Å². The van der Waals surface area contributed by atoms with E-state index in [0.29, 0.717) is 12.0 Å². The molecule has 0 bridgehead atoms. The number of primary amides is 1. The lowest BCUT2D eigenvalue weighted by Crippen LogP contribution is -2.23. The molecule has 0 spiro atoms. The minimum atomic E-state index is -0.298. The molecule has 3 rings (SSSR count). The van der Waals surface area contributed by atoms with Crippen LogP contribution in [0.1, 0.15) is 50.4 Å². The lowest BCUT2D eigenvalue weighted by atomic mass is 10.4. The van der Waals surface area contributed by atoms with Gasteiger partial charge in [-0.25, -0.2) is 0 Å². The van der Waals surface area contributed by atoms with E-state index in [2.05, 4.69) is 14.8 Å². The number of carbonyl (C=O) groups excluding carboxylic acids is 1. The van der Waals surface area contributed by atoms with Gasteiger partial charge in [-0.2, -0.15) is 0 Å². The Morgan fingerprint density at radius 2 is 2.12 bits per heavy atom. The van der Waals surface area contributed by atoms with E-state index in [0.717, 1.165) is 11.0 Å². The second-order valence-electron chi connectivity index (χ2n) is 4.88. The SMILES string of the molecule is CC(Sc1nnc(C2CC2)n1C1CC1)C(N)=O. The van der Waals surface area contributed by atoms with Crippen LogP contribution in [0, 0.1) is 0 Å². The van der Waals surface area contributed by atoms with E-state index >= 15 is 0 Å². The Balaban J connectivity index is 1.85. The minimum Gasteiger partial charge on any atom is -0.369 e. The van der Waals surface area contributed by atoms with E-state index < -0.39 is 0 Å². The molecule has 5 nitrogen and oxygen atoms in total. The lowest BCUT2D eigenvalue weighted by molar-refractivity contribution is -0.117. The fourth-order valence-corrected chi connectivity index (χ4v) is 2.76. The van der Waals surface area contributed by atoms with Crippen LogP contribution in [0.2, 0.25) is 0 Å². The maximum atomic E-state index is 11.1. The van der Waals surface area contributed by atoms with Crippen LogP contribution < -0.4 is 5.73 Å². The summed E-state index contributed by atoms with van der Waals surface area (Å²) in [6, 6.07) is 0.558. The molecule has 1 amide bonds. The average molecular weight is 252 g/mol. The molecule has 2 aliphatic carbocycles. The summed E-state index contributed by atoms with van der Waals surface area (Å²) in [5, 5.41) is 9.14. The van der Waals surface area contributed by atoms with Crippen LogP contribution >= 0.6 is 11.8 Å². The number of nitrogens with zero attached hydrogens (tertiary/aromatic N) is 3. The number of carbonyl (C=O) groups is 1. The number of hydrogen-bond acceptors (Lipinski definition) is 4. The number of aromatic nitrogens is 3. The summed E-state index contributed by atoms with van der Waals surface area (Å²) >= 11 is 1.43. The predicted molar refractivity (Wildman–Crippen MR) is 64.8 cm³/mol. The summed E-state index contributed by atoms with van der Waals surface area (Å²) in [6.45, 7) is 1.82. The van der Waals surface area contributed by atoms with Crippen molar-refractivity contribution in [2.75, 3.05) is 0 Å². The van der Waals surface area contributed by atoms with Crippen molar-refractivity contribution in [2.24, 2.45) is 5.73 Å². The highest BCUT2D eigenvalue weighted by molar-refractivity contribution is 8.00. The Kier molecular flexibility index (Phi) is 2.61. The number of rotatable bonds is 5. The highest BCUT2D eigenvalue weighted by atomic mass is 32.2.